The molecule has 1 aliphatic heterocycles. The van der Waals surface area contributed by atoms with Crippen LogP contribution in [0.25, 0.3) is 0 Å². The zero-order valence-corrected chi connectivity index (χ0v) is 7.22. The van der Waals surface area contributed by atoms with Crippen LogP contribution in [0.1, 0.15) is 0 Å². The molecule has 0 radical (unpaired) electrons. The summed E-state index contributed by atoms with van der Waals surface area (Å²) in [5.41, 5.74) is 2.46. The summed E-state index contributed by atoms with van der Waals surface area (Å²) < 4.78 is 9.78. The number of hydrogen-bond acceptors (Lipinski definition) is 5. The van der Waals surface area contributed by atoms with Crippen molar-refractivity contribution in [3.05, 3.63) is 12.4 Å². The molecule has 12 heavy (non-hydrogen) atoms. The van der Waals surface area contributed by atoms with E-state index >= 15 is 0 Å². The van der Waals surface area contributed by atoms with Crippen LogP contribution in [0.3, 0.4) is 0 Å². The van der Waals surface area contributed by atoms with Crippen LogP contribution in [0.2, 0.25) is 0 Å². The van der Waals surface area contributed by atoms with Gasteiger partial charge in [-0.25, -0.2) is 4.57 Å². The number of nitrogens with one attached hydrogen (secondary N) is 1. The lowest BCUT2D eigenvalue weighted by atomic mass is 11.0. The molecular formula is C2H7ClN3O5P. The van der Waals surface area contributed by atoms with Gasteiger partial charge >= 0.3 is 7.82 Å². The van der Waals surface area contributed by atoms with Crippen molar-refractivity contribution in [3.8, 4) is 0 Å². The van der Waals surface area contributed by atoms with Crippen molar-refractivity contribution in [2.45, 2.75) is 0 Å². The van der Waals surface area contributed by atoms with Gasteiger partial charge in [-0.15, -0.1) is 0 Å². The Labute approximate surface area is 72.5 Å². The second kappa shape index (κ2) is 4.63. The summed E-state index contributed by atoms with van der Waals surface area (Å²) in [7, 11) is -4.64. The molecule has 0 amide bonds. The summed E-state index contributed by atoms with van der Waals surface area (Å²) in [6, 6.07) is 0. The first-order chi connectivity index (χ1) is 5.30. The Morgan fingerprint density at radius 1 is 1.42 bits per heavy atom. The molecule has 0 fully saturated rings. The van der Waals surface area contributed by atoms with E-state index in [1.165, 1.54) is 12.4 Å². The zero-order chi connectivity index (χ0) is 9.78. The number of halogens is 1. The Bertz CT molecular complexity index is 197. The summed E-state index contributed by atoms with van der Waals surface area (Å²) in [5.74, 6) is 0. The lowest BCUT2D eigenvalue weighted by Crippen LogP contribution is -2.30. The molecule has 0 bridgehead atoms. The number of rotatable bonds is 0. The van der Waals surface area contributed by atoms with Crippen LogP contribution < -0.4 is 5.43 Å². The Morgan fingerprint density at radius 2 is 1.83 bits per heavy atom. The fraction of sp³-hybridized carbons (Fsp3) is 0. The third kappa shape index (κ3) is 7.76. The Kier molecular flexibility index (Phi) is 4.50. The molecule has 0 spiro atoms. The van der Waals surface area contributed by atoms with E-state index in [2.05, 4.69) is 5.43 Å². The second-order valence-corrected chi connectivity index (χ2v) is 2.89. The van der Waals surface area contributed by atoms with Crippen LogP contribution in [-0.2, 0) is 4.57 Å². The molecule has 10 heteroatoms. The van der Waals surface area contributed by atoms with Gasteiger partial charge in [0.15, 0.2) is 0 Å². The fourth-order valence-electron chi connectivity index (χ4n) is 0.279. The average molecular weight is 220 g/mol. The predicted molar refractivity (Wildman–Crippen MR) is 37.9 cm³/mol. The second-order valence-electron chi connectivity index (χ2n) is 1.54. The molecule has 1 aliphatic rings. The first-order valence-corrected chi connectivity index (χ1v) is 4.36. The molecule has 0 aromatic rings. The van der Waals surface area contributed by atoms with E-state index < -0.39 is 7.82 Å². The van der Waals surface area contributed by atoms with Crippen molar-refractivity contribution in [2.75, 3.05) is 0 Å². The minimum atomic E-state index is -4.64. The van der Waals surface area contributed by atoms with E-state index in [-0.39, 0.29) is 0 Å². The summed E-state index contributed by atoms with van der Waals surface area (Å²) in [6.07, 6.45) is 2.86. The maximum absolute atomic E-state index is 8.88. The average Bonchev–Trinajstić information content (AvgIpc) is 2.12. The Balaban J connectivity index is 0.000000217. The summed E-state index contributed by atoms with van der Waals surface area (Å²) in [6.45, 7) is 0. The smallest absolute Gasteiger partial charge is 0.303 e. The SMILES string of the molecule is O=P(O)(O)O.ON1C=CNN1Cl. The minimum absolute atomic E-state index is 0.710. The van der Waals surface area contributed by atoms with Crippen LogP contribution >= 0.6 is 19.6 Å². The van der Waals surface area contributed by atoms with E-state index in [1.807, 2.05) is 0 Å². The van der Waals surface area contributed by atoms with Crippen molar-refractivity contribution >= 4 is 19.6 Å². The molecule has 0 aromatic heterocycles. The number of hydrogen-bond donors (Lipinski definition) is 5. The monoisotopic (exact) mass is 219 g/mol. The lowest BCUT2D eigenvalue weighted by molar-refractivity contribution is -0.161. The van der Waals surface area contributed by atoms with E-state index in [0.29, 0.717) is 5.17 Å². The topological polar surface area (TPSA) is 116 Å². The van der Waals surface area contributed by atoms with Gasteiger partial charge < -0.3 is 14.7 Å². The highest BCUT2D eigenvalue weighted by molar-refractivity contribution is 7.45. The van der Waals surface area contributed by atoms with Gasteiger partial charge in [-0.2, -0.15) is 5.17 Å². The molecule has 5 N–H and O–H groups in total. The van der Waals surface area contributed by atoms with Gasteiger partial charge in [0, 0.05) is 18.0 Å². The summed E-state index contributed by atoms with van der Waals surface area (Å²) in [5, 5.41) is 9.19. The highest BCUT2D eigenvalue weighted by Crippen LogP contribution is 2.25. The van der Waals surface area contributed by atoms with Crippen molar-refractivity contribution in [1.82, 2.24) is 15.2 Å². The molecular weight excluding hydrogens is 212 g/mol. The van der Waals surface area contributed by atoms with Gasteiger partial charge in [-0.05, 0) is 4.64 Å². The lowest BCUT2D eigenvalue weighted by Gasteiger charge is -2.11. The van der Waals surface area contributed by atoms with Gasteiger partial charge in [0.2, 0.25) is 0 Å². The predicted octanol–water partition coefficient (Wildman–Crippen LogP) is -0.891. The first-order valence-electron chi connectivity index (χ1n) is 2.46. The minimum Gasteiger partial charge on any atom is -0.303 e. The Hall–Kier alpha value is -0.340. The first kappa shape index (κ1) is 11.7. The van der Waals surface area contributed by atoms with Crippen LogP contribution in [0.5, 0.6) is 0 Å². The number of nitrogens with zero attached hydrogens (tertiary/aromatic N) is 2. The van der Waals surface area contributed by atoms with Crippen LogP contribution in [0.4, 0.5) is 0 Å². The highest BCUT2D eigenvalue weighted by Gasteiger charge is 2.07. The van der Waals surface area contributed by atoms with E-state index in [4.69, 9.17) is 36.2 Å². The van der Waals surface area contributed by atoms with Crippen LogP contribution in [0, 0.1) is 0 Å². The highest BCUT2D eigenvalue weighted by atomic mass is 35.5. The molecule has 0 saturated heterocycles. The third-order valence-electron chi connectivity index (χ3n) is 0.569. The van der Waals surface area contributed by atoms with Crippen molar-refractivity contribution in [1.29, 1.82) is 0 Å². The molecule has 0 unspecified atom stereocenters. The number of hydrazine groups is 2. The van der Waals surface area contributed by atoms with Crippen molar-refractivity contribution in [3.63, 3.8) is 0 Å². The standard InChI is InChI=1S/C2H4ClN3O.H3O4P/c3-6-4-1-2-5(6)7;1-5(2,3)4/h1-2,4,7H;(H3,1,2,3,4). The van der Waals surface area contributed by atoms with E-state index in [9.17, 15) is 0 Å². The summed E-state index contributed by atoms with van der Waals surface area (Å²) >= 11 is 5.20. The third-order valence-corrected chi connectivity index (χ3v) is 0.821. The van der Waals surface area contributed by atoms with Gasteiger partial charge in [-0.1, -0.05) is 0 Å². The quantitative estimate of drug-likeness (QED) is 0.263. The fourth-order valence-corrected chi connectivity index (χ4v) is 0.386. The zero-order valence-electron chi connectivity index (χ0n) is 5.57. The van der Waals surface area contributed by atoms with Gasteiger partial charge in [0.1, 0.15) is 0 Å². The van der Waals surface area contributed by atoms with E-state index in [0.717, 1.165) is 4.64 Å². The normalized spacial score (nSPS) is 16.9. The van der Waals surface area contributed by atoms with Crippen LogP contribution in [-0.4, -0.2) is 29.7 Å². The van der Waals surface area contributed by atoms with Gasteiger partial charge in [-0.3, -0.25) is 10.6 Å². The summed E-state index contributed by atoms with van der Waals surface area (Å²) in [4.78, 5) is 21.6. The molecule has 1 heterocycles. The molecule has 1 rings (SSSR count). The van der Waals surface area contributed by atoms with Crippen LogP contribution in [0.15, 0.2) is 12.4 Å². The maximum Gasteiger partial charge on any atom is 0.466 e. The molecule has 72 valence electrons. The molecule has 8 nitrogen and oxygen atoms in total. The van der Waals surface area contributed by atoms with Gasteiger partial charge in [0.25, 0.3) is 0 Å². The largest absolute Gasteiger partial charge is 0.466 e. The van der Waals surface area contributed by atoms with Crippen molar-refractivity contribution < 1.29 is 24.5 Å². The molecule has 0 saturated carbocycles. The van der Waals surface area contributed by atoms with E-state index in [1.54, 1.807) is 0 Å². The Morgan fingerprint density at radius 3 is 1.92 bits per heavy atom. The molecule has 0 atom stereocenters. The van der Waals surface area contributed by atoms with Crippen molar-refractivity contribution in [2.24, 2.45) is 0 Å². The molecule has 0 aliphatic carbocycles. The maximum atomic E-state index is 8.88. The number of phosphoric acid groups is 1. The number of hydroxylamine groups is 1. The molecule has 0 aromatic carbocycles. The van der Waals surface area contributed by atoms with Gasteiger partial charge in [0.05, 0.1) is 6.20 Å².